The van der Waals surface area contributed by atoms with Gasteiger partial charge in [0.25, 0.3) is 11.6 Å². The van der Waals surface area contributed by atoms with Gasteiger partial charge in [0.1, 0.15) is 11.8 Å². The first-order valence-corrected chi connectivity index (χ1v) is 8.95. The van der Waals surface area contributed by atoms with Crippen molar-refractivity contribution >= 4 is 28.9 Å². The summed E-state index contributed by atoms with van der Waals surface area (Å²) in [6.45, 7) is 1.37. The Balaban J connectivity index is 1.68. The molecule has 0 unspecified atom stereocenters. The van der Waals surface area contributed by atoms with Crippen molar-refractivity contribution in [2.75, 3.05) is 10.6 Å². The van der Waals surface area contributed by atoms with Crippen LogP contribution in [0.3, 0.4) is 0 Å². The van der Waals surface area contributed by atoms with Gasteiger partial charge in [-0.25, -0.2) is 4.79 Å². The minimum Gasteiger partial charge on any atom is -0.449 e. The van der Waals surface area contributed by atoms with Crippen LogP contribution < -0.4 is 10.6 Å². The molecular weight excluding hydrogens is 376 g/mol. The van der Waals surface area contributed by atoms with Crippen molar-refractivity contribution in [1.29, 1.82) is 5.26 Å². The van der Waals surface area contributed by atoms with E-state index in [1.165, 1.54) is 19.1 Å². The summed E-state index contributed by atoms with van der Waals surface area (Å²) in [5.74, 6) is -1.48. The average Bonchev–Trinajstić information content (AvgIpc) is 3.52. The maximum Gasteiger partial charge on any atom is 0.339 e. The van der Waals surface area contributed by atoms with Crippen LogP contribution in [-0.2, 0) is 9.53 Å². The number of anilines is 2. The van der Waals surface area contributed by atoms with Crippen LogP contribution in [0, 0.1) is 21.4 Å². The second-order valence-corrected chi connectivity index (χ2v) is 6.60. The first kappa shape index (κ1) is 19.8. The molecule has 9 nitrogen and oxygen atoms in total. The van der Waals surface area contributed by atoms with Crippen molar-refractivity contribution in [3.8, 4) is 6.07 Å². The molecule has 1 saturated carbocycles. The van der Waals surface area contributed by atoms with Crippen molar-refractivity contribution in [1.82, 2.24) is 0 Å². The second-order valence-electron chi connectivity index (χ2n) is 6.60. The number of hydrogen-bond donors (Lipinski definition) is 2. The van der Waals surface area contributed by atoms with Crippen LogP contribution in [0.15, 0.2) is 42.5 Å². The van der Waals surface area contributed by atoms with Gasteiger partial charge in [-0.1, -0.05) is 12.1 Å². The lowest BCUT2D eigenvalue weighted by molar-refractivity contribution is -0.384. The molecule has 3 rings (SSSR count). The lowest BCUT2D eigenvalue weighted by atomic mass is 10.1. The number of benzene rings is 2. The smallest absolute Gasteiger partial charge is 0.339 e. The largest absolute Gasteiger partial charge is 0.449 e. The van der Waals surface area contributed by atoms with Gasteiger partial charge < -0.3 is 15.4 Å². The van der Waals surface area contributed by atoms with Crippen molar-refractivity contribution in [2.24, 2.45) is 0 Å². The number of nitro benzene ring substituents is 1. The summed E-state index contributed by atoms with van der Waals surface area (Å²) in [5.41, 5.74) is 0.650. The van der Waals surface area contributed by atoms with Crippen LogP contribution in [-0.4, -0.2) is 28.9 Å². The summed E-state index contributed by atoms with van der Waals surface area (Å²) in [5, 5.41) is 26.0. The summed E-state index contributed by atoms with van der Waals surface area (Å²) >= 11 is 0. The van der Waals surface area contributed by atoms with Crippen LogP contribution in [0.5, 0.6) is 0 Å². The van der Waals surface area contributed by atoms with E-state index < -0.39 is 22.9 Å². The predicted octanol–water partition coefficient (Wildman–Crippen LogP) is 3.22. The molecule has 2 aromatic carbocycles. The highest BCUT2D eigenvalue weighted by Gasteiger charge is 2.27. The summed E-state index contributed by atoms with van der Waals surface area (Å²) in [6.07, 6.45) is 0.725. The highest BCUT2D eigenvalue weighted by molar-refractivity contribution is 5.98. The van der Waals surface area contributed by atoms with Gasteiger partial charge in [0, 0.05) is 12.1 Å². The van der Waals surface area contributed by atoms with Gasteiger partial charge in [-0.3, -0.25) is 14.9 Å². The number of para-hydroxylation sites is 1. The normalized spacial score (nSPS) is 13.7. The predicted molar refractivity (Wildman–Crippen MR) is 104 cm³/mol. The molecule has 0 aromatic heterocycles. The molecule has 29 heavy (non-hydrogen) atoms. The number of amides is 1. The third-order valence-electron chi connectivity index (χ3n) is 4.33. The zero-order chi connectivity index (χ0) is 21.0. The van der Waals surface area contributed by atoms with Crippen molar-refractivity contribution in [2.45, 2.75) is 31.9 Å². The van der Waals surface area contributed by atoms with Crippen molar-refractivity contribution in [3.05, 3.63) is 63.7 Å². The van der Waals surface area contributed by atoms with Crippen LogP contribution in [0.1, 0.15) is 35.7 Å². The van der Waals surface area contributed by atoms with Gasteiger partial charge in [-0.05, 0) is 44.0 Å². The Morgan fingerprint density at radius 2 is 1.97 bits per heavy atom. The molecule has 0 heterocycles. The molecule has 2 N–H and O–H groups in total. The quantitative estimate of drug-likeness (QED) is 0.418. The van der Waals surface area contributed by atoms with E-state index in [4.69, 9.17) is 10.00 Å². The first-order chi connectivity index (χ1) is 13.9. The molecule has 1 aliphatic carbocycles. The number of nitriles is 1. The zero-order valence-electron chi connectivity index (χ0n) is 15.5. The van der Waals surface area contributed by atoms with Crippen molar-refractivity contribution in [3.63, 3.8) is 0 Å². The van der Waals surface area contributed by atoms with Gasteiger partial charge in [-0.2, -0.15) is 5.26 Å². The number of carbonyl (C=O) groups is 2. The van der Waals surface area contributed by atoms with Gasteiger partial charge >= 0.3 is 5.97 Å². The molecular formula is C20H18N4O5. The molecule has 148 valence electrons. The minimum atomic E-state index is -1.17. The Labute approximate surface area is 166 Å². The van der Waals surface area contributed by atoms with E-state index in [-0.39, 0.29) is 22.9 Å². The Bertz CT molecular complexity index is 1010. The first-order valence-electron chi connectivity index (χ1n) is 8.95. The lowest BCUT2D eigenvalue weighted by Crippen LogP contribution is -2.30. The summed E-state index contributed by atoms with van der Waals surface area (Å²) in [4.78, 5) is 35.4. The Hall–Kier alpha value is -3.93. The molecule has 1 atom stereocenters. The molecule has 0 spiro atoms. The summed E-state index contributed by atoms with van der Waals surface area (Å²) in [7, 11) is 0. The highest BCUT2D eigenvalue weighted by atomic mass is 16.6. The fourth-order valence-electron chi connectivity index (χ4n) is 2.59. The number of hydrogen-bond acceptors (Lipinski definition) is 7. The topological polar surface area (TPSA) is 134 Å². The van der Waals surface area contributed by atoms with Crippen LogP contribution in [0.4, 0.5) is 17.1 Å². The third-order valence-corrected chi connectivity index (χ3v) is 4.33. The molecule has 2 aromatic rings. The maximum atomic E-state index is 12.4. The van der Waals surface area contributed by atoms with E-state index in [9.17, 15) is 19.7 Å². The lowest BCUT2D eigenvalue weighted by Gasteiger charge is -2.14. The van der Waals surface area contributed by atoms with E-state index in [0.717, 1.165) is 18.9 Å². The third kappa shape index (κ3) is 4.87. The van der Waals surface area contributed by atoms with E-state index in [2.05, 4.69) is 10.6 Å². The van der Waals surface area contributed by atoms with Gasteiger partial charge in [0.15, 0.2) is 6.10 Å². The monoisotopic (exact) mass is 394 g/mol. The standard InChI is InChI=1S/C20H18N4O5/c1-12(19(25)23-16-5-3-2-4-14(16)11-21)29-20(26)13-6-9-17(22-15-7-8-15)18(10-13)24(27)28/h2-6,9-10,12,15,22H,7-8H2,1H3,(H,23,25)/t12-/m0/s1. The molecule has 1 fully saturated rings. The molecule has 0 bridgehead atoms. The van der Waals surface area contributed by atoms with Gasteiger partial charge in [0.2, 0.25) is 0 Å². The van der Waals surface area contributed by atoms with Crippen LogP contribution in [0.2, 0.25) is 0 Å². The van der Waals surface area contributed by atoms with Gasteiger partial charge in [0.05, 0.1) is 21.7 Å². The average molecular weight is 394 g/mol. The number of nitrogens with one attached hydrogen (secondary N) is 2. The zero-order valence-corrected chi connectivity index (χ0v) is 15.5. The fraction of sp³-hybridized carbons (Fsp3) is 0.250. The van der Waals surface area contributed by atoms with E-state index in [1.807, 2.05) is 6.07 Å². The molecule has 9 heteroatoms. The number of rotatable bonds is 7. The van der Waals surface area contributed by atoms with Crippen LogP contribution in [0.25, 0.3) is 0 Å². The maximum absolute atomic E-state index is 12.4. The van der Waals surface area contributed by atoms with E-state index in [1.54, 1.807) is 24.3 Å². The number of ether oxygens (including phenoxy) is 1. The Morgan fingerprint density at radius 1 is 1.24 bits per heavy atom. The van der Waals surface area contributed by atoms with Gasteiger partial charge in [-0.15, -0.1) is 0 Å². The molecule has 0 radical (unpaired) electrons. The summed E-state index contributed by atoms with van der Waals surface area (Å²) in [6, 6.07) is 12.6. The highest BCUT2D eigenvalue weighted by Crippen LogP contribution is 2.31. The number of esters is 1. The van der Waals surface area contributed by atoms with E-state index >= 15 is 0 Å². The Kier molecular flexibility index (Phi) is 5.74. The number of carbonyl (C=O) groups excluding carboxylic acids is 2. The molecule has 0 saturated heterocycles. The SMILES string of the molecule is C[C@H](OC(=O)c1ccc(NC2CC2)c([N+](=O)[O-])c1)C(=O)Nc1ccccc1C#N. The van der Waals surface area contributed by atoms with Crippen molar-refractivity contribution < 1.29 is 19.2 Å². The van der Waals surface area contributed by atoms with E-state index in [0.29, 0.717) is 11.4 Å². The van der Waals surface area contributed by atoms with Crippen LogP contribution >= 0.6 is 0 Å². The Morgan fingerprint density at radius 3 is 2.62 bits per heavy atom. The molecule has 0 aliphatic heterocycles. The number of nitro groups is 1. The molecule has 1 amide bonds. The second kappa shape index (κ2) is 8.39. The molecule has 1 aliphatic rings. The minimum absolute atomic E-state index is 0.0323. The number of nitrogens with zero attached hydrogens (tertiary/aromatic N) is 2. The summed E-state index contributed by atoms with van der Waals surface area (Å²) < 4.78 is 5.14. The fourth-order valence-corrected chi connectivity index (χ4v) is 2.59.